The highest BCUT2D eigenvalue weighted by Gasteiger charge is 2.21. The molecule has 0 atom stereocenters. The molecule has 1 fully saturated rings. The van der Waals surface area contributed by atoms with Crippen LogP contribution < -0.4 is 10.7 Å². The van der Waals surface area contributed by atoms with Crippen molar-refractivity contribution in [1.82, 2.24) is 9.88 Å². The Hall–Kier alpha value is -2.15. The fourth-order valence-electron chi connectivity index (χ4n) is 2.49. The van der Waals surface area contributed by atoms with Crippen molar-refractivity contribution >= 4 is 11.9 Å². The van der Waals surface area contributed by atoms with E-state index in [-0.39, 0.29) is 11.6 Å². The van der Waals surface area contributed by atoms with Gasteiger partial charge in [-0.15, -0.1) is 0 Å². The second-order valence-electron chi connectivity index (χ2n) is 6.03. The average Bonchev–Trinajstić information content (AvgIpc) is 2.53. The number of carboxylic acid groups (broad SMARTS) is 1. The zero-order chi connectivity index (χ0) is 17.0. The van der Waals surface area contributed by atoms with Gasteiger partial charge in [-0.25, -0.2) is 4.79 Å². The Kier molecular flexibility index (Phi) is 5.54. The first-order valence-corrected chi connectivity index (χ1v) is 7.75. The van der Waals surface area contributed by atoms with Crippen molar-refractivity contribution in [2.45, 2.75) is 32.7 Å². The molecular weight excluding hydrogens is 300 g/mol. The molecule has 0 saturated carbocycles. The summed E-state index contributed by atoms with van der Waals surface area (Å²) >= 11 is 0. The van der Waals surface area contributed by atoms with Crippen LogP contribution >= 0.6 is 0 Å². The molecule has 1 aromatic heterocycles. The number of aromatic nitrogens is 1. The first-order chi connectivity index (χ1) is 10.9. The lowest BCUT2D eigenvalue weighted by atomic mass is 10.0. The molecule has 0 unspecified atom stereocenters. The van der Waals surface area contributed by atoms with Gasteiger partial charge in [0.2, 0.25) is 5.43 Å². The van der Waals surface area contributed by atoms with Gasteiger partial charge >= 0.3 is 5.97 Å². The van der Waals surface area contributed by atoms with Gasteiger partial charge in [0.05, 0.1) is 0 Å². The van der Waals surface area contributed by atoms with Crippen LogP contribution in [0, 0.1) is 5.92 Å². The highest BCUT2D eigenvalue weighted by Crippen LogP contribution is 2.13. The lowest BCUT2D eigenvalue weighted by Crippen LogP contribution is -2.36. The van der Waals surface area contributed by atoms with Crippen LogP contribution in [0.4, 0.5) is 0 Å². The molecule has 126 valence electrons. The minimum absolute atomic E-state index is 0.0595. The zero-order valence-corrected chi connectivity index (χ0v) is 13.4. The Morgan fingerprint density at radius 3 is 2.48 bits per heavy atom. The van der Waals surface area contributed by atoms with E-state index in [9.17, 15) is 14.4 Å². The largest absolute Gasteiger partial charge is 0.477 e. The number of pyridine rings is 1. The summed E-state index contributed by atoms with van der Waals surface area (Å²) in [5.41, 5.74) is -1.28. The summed E-state index contributed by atoms with van der Waals surface area (Å²) in [5.74, 6) is -1.54. The van der Waals surface area contributed by atoms with Crippen molar-refractivity contribution in [2.75, 3.05) is 19.8 Å². The lowest BCUT2D eigenvalue weighted by molar-refractivity contribution is 0.0642. The van der Waals surface area contributed by atoms with Crippen molar-refractivity contribution in [3.63, 3.8) is 0 Å². The molecule has 2 heterocycles. The highest BCUT2D eigenvalue weighted by atomic mass is 16.5. The predicted octanol–water partition coefficient (Wildman–Crippen LogP) is 1.28. The van der Waals surface area contributed by atoms with Crippen molar-refractivity contribution < 1.29 is 19.4 Å². The number of nitrogens with zero attached hydrogens (tertiary/aromatic N) is 1. The summed E-state index contributed by atoms with van der Waals surface area (Å²) in [4.78, 5) is 35.7. The van der Waals surface area contributed by atoms with Crippen LogP contribution in [-0.2, 0) is 4.74 Å². The summed E-state index contributed by atoms with van der Waals surface area (Å²) in [6.45, 7) is 5.50. The summed E-state index contributed by atoms with van der Waals surface area (Å²) in [6, 6.07) is -0.0595. The predicted molar refractivity (Wildman–Crippen MR) is 83.9 cm³/mol. The fourth-order valence-corrected chi connectivity index (χ4v) is 2.49. The number of carbonyl (C=O) groups excluding carboxylic acids is 1. The molecule has 1 aliphatic rings. The van der Waals surface area contributed by atoms with Crippen LogP contribution in [-0.4, -0.2) is 41.3 Å². The molecule has 0 aromatic carbocycles. The quantitative estimate of drug-likeness (QED) is 0.851. The van der Waals surface area contributed by atoms with E-state index in [1.165, 1.54) is 12.4 Å². The minimum atomic E-state index is -1.33. The van der Waals surface area contributed by atoms with Gasteiger partial charge in [0.15, 0.2) is 0 Å². The van der Waals surface area contributed by atoms with Crippen LogP contribution in [0.15, 0.2) is 17.2 Å². The number of aromatic carboxylic acids is 1. The molecule has 1 saturated heterocycles. The number of rotatable bonds is 5. The van der Waals surface area contributed by atoms with E-state index in [0.717, 1.165) is 12.8 Å². The number of amides is 1. The topological polar surface area (TPSA) is 97.6 Å². The maximum Gasteiger partial charge on any atom is 0.341 e. The van der Waals surface area contributed by atoms with Gasteiger partial charge in [0.25, 0.3) is 5.91 Å². The second-order valence-corrected chi connectivity index (χ2v) is 6.03. The summed E-state index contributed by atoms with van der Waals surface area (Å²) in [7, 11) is 0. The number of carboxylic acids is 1. The highest BCUT2D eigenvalue weighted by molar-refractivity contribution is 5.96. The van der Waals surface area contributed by atoms with E-state index in [4.69, 9.17) is 9.84 Å². The van der Waals surface area contributed by atoms with Gasteiger partial charge < -0.3 is 19.7 Å². The van der Waals surface area contributed by atoms with E-state index in [1.54, 1.807) is 4.57 Å². The first-order valence-electron chi connectivity index (χ1n) is 7.75. The Morgan fingerprint density at radius 1 is 1.30 bits per heavy atom. The molecule has 1 amide bonds. The molecule has 23 heavy (non-hydrogen) atoms. The Morgan fingerprint density at radius 2 is 1.91 bits per heavy atom. The van der Waals surface area contributed by atoms with E-state index in [0.29, 0.717) is 25.7 Å². The number of carbonyl (C=O) groups is 2. The van der Waals surface area contributed by atoms with E-state index >= 15 is 0 Å². The second kappa shape index (κ2) is 7.41. The third kappa shape index (κ3) is 4.19. The third-order valence-corrected chi connectivity index (χ3v) is 4.01. The smallest absolute Gasteiger partial charge is 0.341 e. The fraction of sp³-hybridized carbons (Fsp3) is 0.562. The molecule has 0 radical (unpaired) electrons. The monoisotopic (exact) mass is 322 g/mol. The lowest BCUT2D eigenvalue weighted by Gasteiger charge is -2.22. The Balaban J connectivity index is 2.21. The molecule has 7 nitrogen and oxygen atoms in total. The van der Waals surface area contributed by atoms with Gasteiger partial charge in [-0.3, -0.25) is 9.59 Å². The molecule has 0 spiro atoms. The maximum atomic E-state index is 12.3. The summed E-state index contributed by atoms with van der Waals surface area (Å²) in [6.07, 6.45) is 4.42. The van der Waals surface area contributed by atoms with E-state index < -0.39 is 22.9 Å². The molecule has 7 heteroatoms. The summed E-state index contributed by atoms with van der Waals surface area (Å²) < 4.78 is 6.83. The standard InChI is InChI=1S/C16H22N2O5/c1-10(2)18-8-12(14(19)13(9-18)16(21)22)15(20)17-7-11-3-5-23-6-4-11/h8-11H,3-7H2,1-2H3,(H,17,20)(H,21,22). The van der Waals surface area contributed by atoms with Gasteiger partial charge in [-0.05, 0) is 32.6 Å². The molecule has 0 bridgehead atoms. The van der Waals surface area contributed by atoms with Crippen LogP contribution in [0.2, 0.25) is 0 Å². The van der Waals surface area contributed by atoms with Crippen LogP contribution in [0.3, 0.4) is 0 Å². The summed E-state index contributed by atoms with van der Waals surface area (Å²) in [5, 5.41) is 11.9. The molecular formula is C16H22N2O5. The number of nitrogens with one attached hydrogen (secondary N) is 1. The van der Waals surface area contributed by atoms with Gasteiger partial charge in [-0.2, -0.15) is 0 Å². The molecule has 0 aliphatic carbocycles. The number of hydrogen-bond acceptors (Lipinski definition) is 4. The Labute approximate surface area is 134 Å². The molecule has 1 aromatic rings. The van der Waals surface area contributed by atoms with Crippen LogP contribution in [0.25, 0.3) is 0 Å². The Bertz CT molecular complexity index is 644. The van der Waals surface area contributed by atoms with Gasteiger partial charge in [-0.1, -0.05) is 0 Å². The minimum Gasteiger partial charge on any atom is -0.477 e. The van der Waals surface area contributed by atoms with Gasteiger partial charge in [0, 0.05) is 38.2 Å². The SMILES string of the molecule is CC(C)n1cc(C(=O)O)c(=O)c(C(=O)NCC2CCOCC2)c1. The van der Waals surface area contributed by atoms with E-state index in [1.807, 2.05) is 13.8 Å². The maximum absolute atomic E-state index is 12.3. The van der Waals surface area contributed by atoms with Crippen molar-refractivity contribution in [3.8, 4) is 0 Å². The van der Waals surface area contributed by atoms with Crippen molar-refractivity contribution in [1.29, 1.82) is 0 Å². The molecule has 2 rings (SSSR count). The molecule has 2 N–H and O–H groups in total. The van der Waals surface area contributed by atoms with Crippen LogP contribution in [0.5, 0.6) is 0 Å². The van der Waals surface area contributed by atoms with E-state index in [2.05, 4.69) is 5.32 Å². The number of hydrogen-bond donors (Lipinski definition) is 2. The normalized spacial score (nSPS) is 15.6. The van der Waals surface area contributed by atoms with Crippen LogP contribution in [0.1, 0.15) is 53.4 Å². The molecule has 1 aliphatic heterocycles. The van der Waals surface area contributed by atoms with Gasteiger partial charge in [0.1, 0.15) is 11.1 Å². The number of ether oxygens (including phenoxy) is 1. The van der Waals surface area contributed by atoms with Crippen molar-refractivity contribution in [2.24, 2.45) is 5.92 Å². The van der Waals surface area contributed by atoms with Crippen molar-refractivity contribution in [3.05, 3.63) is 33.7 Å². The zero-order valence-electron chi connectivity index (χ0n) is 13.4. The first kappa shape index (κ1) is 17.2. The average molecular weight is 322 g/mol. The third-order valence-electron chi connectivity index (χ3n) is 4.01.